The second-order valence-corrected chi connectivity index (χ2v) is 7.83. The molecule has 6 heteroatoms. The summed E-state index contributed by atoms with van der Waals surface area (Å²) in [6.45, 7) is 10.8. The van der Waals surface area contributed by atoms with Crippen LogP contribution in [-0.2, 0) is 5.41 Å². The van der Waals surface area contributed by atoms with E-state index in [1.54, 1.807) is 6.20 Å². The number of carbonyl (C=O) groups is 1. The fraction of sp³-hybridized carbons (Fsp3) is 0.579. The number of nitrogens with zero attached hydrogens (tertiary/aromatic N) is 2. The lowest BCUT2D eigenvalue weighted by atomic mass is 9.89. The van der Waals surface area contributed by atoms with Crippen LogP contribution in [0.15, 0.2) is 22.7 Å². The molecule has 0 saturated carbocycles. The maximum Gasteiger partial charge on any atom is 0.254 e. The second kappa shape index (κ2) is 7.04. The summed E-state index contributed by atoms with van der Waals surface area (Å²) in [5.41, 5.74) is 1.32. The molecule has 2 N–H and O–H groups in total. The number of rotatable bonds is 5. The van der Waals surface area contributed by atoms with E-state index in [2.05, 4.69) is 41.2 Å². The molecule has 136 valence electrons. The first-order valence-corrected chi connectivity index (χ1v) is 8.98. The fourth-order valence-corrected chi connectivity index (χ4v) is 3.41. The van der Waals surface area contributed by atoms with E-state index in [4.69, 9.17) is 4.42 Å². The first-order chi connectivity index (χ1) is 11.9. The Labute approximate surface area is 149 Å². The topological polar surface area (TPSA) is 74.2 Å². The molecule has 2 aromatic rings. The van der Waals surface area contributed by atoms with Gasteiger partial charge in [0.1, 0.15) is 11.5 Å². The van der Waals surface area contributed by atoms with Crippen LogP contribution >= 0.6 is 0 Å². The van der Waals surface area contributed by atoms with E-state index in [1.807, 2.05) is 19.1 Å². The molecule has 1 unspecified atom stereocenters. The average molecular weight is 344 g/mol. The van der Waals surface area contributed by atoms with Gasteiger partial charge in [0.05, 0.1) is 23.5 Å². The third-order valence-corrected chi connectivity index (χ3v) is 4.76. The maximum absolute atomic E-state index is 12.7. The normalized spacial score (nSPS) is 17.0. The number of amides is 1. The van der Waals surface area contributed by atoms with E-state index < -0.39 is 0 Å². The van der Waals surface area contributed by atoms with Gasteiger partial charge in [0.15, 0.2) is 0 Å². The highest BCUT2D eigenvalue weighted by molar-refractivity contribution is 5.95. The number of likely N-dealkylation sites (tertiary alicyclic amines) is 1. The summed E-state index contributed by atoms with van der Waals surface area (Å²) in [7, 11) is 0. The van der Waals surface area contributed by atoms with E-state index in [0.29, 0.717) is 12.1 Å². The molecule has 0 bridgehead atoms. The van der Waals surface area contributed by atoms with Gasteiger partial charge in [0.2, 0.25) is 0 Å². The molecule has 3 heterocycles. The number of aromatic nitrogens is 2. The molecule has 0 radical (unpaired) electrons. The van der Waals surface area contributed by atoms with Gasteiger partial charge in [0.25, 0.3) is 5.91 Å². The number of H-pyrrole nitrogens is 1. The van der Waals surface area contributed by atoms with Crippen LogP contribution in [0.3, 0.4) is 0 Å². The molecule has 1 aliphatic heterocycles. The highest BCUT2D eigenvalue weighted by Gasteiger charge is 2.28. The van der Waals surface area contributed by atoms with Crippen LogP contribution in [0.2, 0.25) is 0 Å². The van der Waals surface area contributed by atoms with Gasteiger partial charge >= 0.3 is 0 Å². The zero-order valence-electron chi connectivity index (χ0n) is 15.6. The van der Waals surface area contributed by atoms with Gasteiger partial charge < -0.3 is 9.73 Å². The third-order valence-electron chi connectivity index (χ3n) is 4.76. The third kappa shape index (κ3) is 3.95. The Morgan fingerprint density at radius 1 is 1.36 bits per heavy atom. The minimum Gasteiger partial charge on any atom is -0.465 e. The number of furan rings is 1. The fourth-order valence-electron chi connectivity index (χ4n) is 3.41. The van der Waals surface area contributed by atoms with Gasteiger partial charge in [-0.1, -0.05) is 20.8 Å². The number of carbonyl (C=O) groups excluding carboxylic acids is 1. The molecular weight excluding hydrogens is 316 g/mol. The molecule has 1 atom stereocenters. The Morgan fingerprint density at radius 3 is 2.68 bits per heavy atom. The lowest BCUT2D eigenvalue weighted by Gasteiger charge is -2.26. The van der Waals surface area contributed by atoms with Crippen LogP contribution in [0, 0.1) is 6.92 Å². The molecule has 25 heavy (non-hydrogen) atoms. The maximum atomic E-state index is 12.7. The van der Waals surface area contributed by atoms with Crippen LogP contribution in [-0.4, -0.2) is 40.6 Å². The monoisotopic (exact) mass is 344 g/mol. The number of hydrogen-bond donors (Lipinski definition) is 2. The predicted octanol–water partition coefficient (Wildman–Crippen LogP) is 3.18. The van der Waals surface area contributed by atoms with Crippen molar-refractivity contribution in [3.8, 4) is 0 Å². The van der Waals surface area contributed by atoms with Crippen molar-refractivity contribution >= 4 is 5.91 Å². The van der Waals surface area contributed by atoms with Crippen molar-refractivity contribution in [2.75, 3.05) is 19.6 Å². The van der Waals surface area contributed by atoms with E-state index in [9.17, 15) is 4.79 Å². The Hall–Kier alpha value is -2.08. The quantitative estimate of drug-likeness (QED) is 0.874. The van der Waals surface area contributed by atoms with Crippen LogP contribution < -0.4 is 5.32 Å². The first-order valence-electron chi connectivity index (χ1n) is 8.98. The highest BCUT2D eigenvalue weighted by atomic mass is 16.3. The number of aromatic amines is 1. The van der Waals surface area contributed by atoms with Crippen LogP contribution in [0.4, 0.5) is 0 Å². The van der Waals surface area contributed by atoms with Gasteiger partial charge in [-0.25, -0.2) is 0 Å². The summed E-state index contributed by atoms with van der Waals surface area (Å²) in [5.74, 6) is 1.73. The van der Waals surface area contributed by atoms with E-state index >= 15 is 0 Å². The Kier molecular flexibility index (Phi) is 4.99. The largest absolute Gasteiger partial charge is 0.465 e. The van der Waals surface area contributed by atoms with E-state index in [-0.39, 0.29) is 17.4 Å². The predicted molar refractivity (Wildman–Crippen MR) is 96.6 cm³/mol. The summed E-state index contributed by atoms with van der Waals surface area (Å²) < 4.78 is 5.85. The molecule has 3 rings (SSSR count). The second-order valence-electron chi connectivity index (χ2n) is 7.83. The van der Waals surface area contributed by atoms with Crippen molar-refractivity contribution < 1.29 is 9.21 Å². The molecule has 1 amide bonds. The zero-order valence-corrected chi connectivity index (χ0v) is 15.6. The lowest BCUT2D eigenvalue weighted by molar-refractivity contribution is 0.0931. The van der Waals surface area contributed by atoms with Crippen molar-refractivity contribution in [3.05, 3.63) is 41.1 Å². The van der Waals surface area contributed by atoms with Crippen LogP contribution in [0.5, 0.6) is 0 Å². The average Bonchev–Trinajstić information content (AvgIpc) is 3.28. The standard InChI is InChI=1S/C19H28N4O2/c1-13-7-8-16(25-13)15(23-9-5-6-10-23)12-20-18(24)14-11-21-22-17(14)19(2,3)4/h7-8,11,15H,5-6,9-10,12H2,1-4H3,(H,20,24)(H,21,22). The summed E-state index contributed by atoms with van der Waals surface area (Å²) in [4.78, 5) is 15.1. The Bertz CT molecular complexity index is 720. The van der Waals surface area contributed by atoms with E-state index in [0.717, 1.165) is 30.3 Å². The number of hydrogen-bond acceptors (Lipinski definition) is 4. The summed E-state index contributed by atoms with van der Waals surface area (Å²) in [5, 5.41) is 10.1. The van der Waals surface area contributed by atoms with Crippen molar-refractivity contribution in [2.24, 2.45) is 0 Å². The molecule has 2 aromatic heterocycles. The van der Waals surface area contributed by atoms with Crippen LogP contribution in [0.1, 0.15) is 67.2 Å². The smallest absolute Gasteiger partial charge is 0.254 e. The first kappa shape index (κ1) is 17.7. The van der Waals surface area contributed by atoms with Crippen molar-refractivity contribution in [2.45, 2.75) is 52.0 Å². The van der Waals surface area contributed by atoms with Crippen molar-refractivity contribution in [1.29, 1.82) is 0 Å². The minimum atomic E-state index is -0.157. The van der Waals surface area contributed by atoms with Gasteiger partial charge in [-0.3, -0.25) is 14.8 Å². The Morgan fingerprint density at radius 2 is 2.08 bits per heavy atom. The van der Waals surface area contributed by atoms with E-state index in [1.165, 1.54) is 12.8 Å². The molecule has 1 aliphatic rings. The molecule has 6 nitrogen and oxygen atoms in total. The number of aryl methyl sites for hydroxylation is 1. The lowest BCUT2D eigenvalue weighted by Crippen LogP contribution is -2.37. The Balaban J connectivity index is 1.73. The molecular formula is C19H28N4O2. The van der Waals surface area contributed by atoms with Crippen LogP contribution in [0.25, 0.3) is 0 Å². The molecule has 1 fully saturated rings. The SMILES string of the molecule is Cc1ccc(C(CNC(=O)c2cn[nH]c2C(C)(C)C)N2CCCC2)o1. The van der Waals surface area contributed by atoms with Gasteiger partial charge in [-0.05, 0) is 45.0 Å². The summed E-state index contributed by atoms with van der Waals surface area (Å²) in [6.07, 6.45) is 4.00. The zero-order chi connectivity index (χ0) is 18.0. The van der Waals surface area contributed by atoms with Crippen molar-refractivity contribution in [3.63, 3.8) is 0 Å². The van der Waals surface area contributed by atoms with Gasteiger partial charge in [0, 0.05) is 12.0 Å². The number of nitrogens with one attached hydrogen (secondary N) is 2. The van der Waals surface area contributed by atoms with Gasteiger partial charge in [-0.15, -0.1) is 0 Å². The molecule has 1 saturated heterocycles. The summed E-state index contributed by atoms with van der Waals surface area (Å²) in [6, 6.07) is 4.07. The van der Waals surface area contributed by atoms with Gasteiger partial charge in [-0.2, -0.15) is 5.10 Å². The minimum absolute atomic E-state index is 0.0742. The summed E-state index contributed by atoms with van der Waals surface area (Å²) >= 11 is 0. The van der Waals surface area contributed by atoms with Crippen molar-refractivity contribution in [1.82, 2.24) is 20.4 Å². The highest BCUT2D eigenvalue weighted by Crippen LogP contribution is 2.27. The molecule has 0 spiro atoms. The molecule has 0 aliphatic carbocycles. The molecule has 0 aromatic carbocycles.